The Bertz CT molecular complexity index is 554. The Kier molecular flexibility index (Phi) is 5.37. The fourth-order valence-corrected chi connectivity index (χ4v) is 1.81. The van der Waals surface area contributed by atoms with E-state index in [4.69, 9.17) is 4.74 Å². The Balaban J connectivity index is 2.00. The summed E-state index contributed by atoms with van der Waals surface area (Å²) in [5.41, 5.74) is 0.964. The van der Waals surface area contributed by atoms with E-state index in [0.29, 0.717) is 0 Å². The summed E-state index contributed by atoms with van der Waals surface area (Å²) in [4.78, 5) is 8.40. The van der Waals surface area contributed by atoms with E-state index in [-0.39, 0.29) is 6.10 Å². The molecule has 1 heterocycles. The van der Waals surface area contributed by atoms with E-state index >= 15 is 0 Å². The van der Waals surface area contributed by atoms with Gasteiger partial charge in [-0.3, -0.25) is 0 Å². The van der Waals surface area contributed by atoms with E-state index in [1.165, 1.54) is 0 Å². The van der Waals surface area contributed by atoms with Gasteiger partial charge in [0.15, 0.2) is 0 Å². The molecule has 0 bridgehead atoms. The Hall–Kier alpha value is -2.30. The lowest BCUT2D eigenvalue weighted by atomic mass is 10.3. The van der Waals surface area contributed by atoms with Crippen molar-refractivity contribution in [1.82, 2.24) is 9.97 Å². The van der Waals surface area contributed by atoms with Crippen LogP contribution in [0.5, 0.6) is 5.75 Å². The van der Waals surface area contributed by atoms with Crippen molar-refractivity contribution in [2.24, 2.45) is 0 Å². The van der Waals surface area contributed by atoms with Crippen LogP contribution in [-0.4, -0.2) is 22.6 Å². The van der Waals surface area contributed by atoms with Crippen molar-refractivity contribution in [2.75, 3.05) is 17.2 Å². The quantitative estimate of drug-likeness (QED) is 0.810. The van der Waals surface area contributed by atoms with Gasteiger partial charge in [0, 0.05) is 18.3 Å². The number of benzene rings is 1. The summed E-state index contributed by atoms with van der Waals surface area (Å²) in [5, 5.41) is 6.49. The first-order valence-electron chi connectivity index (χ1n) is 7.27. The maximum absolute atomic E-state index is 5.62. The van der Waals surface area contributed by atoms with Gasteiger partial charge in [-0.1, -0.05) is 6.92 Å². The number of ether oxygens (including phenoxy) is 1. The maximum atomic E-state index is 5.62. The second-order valence-corrected chi connectivity index (χ2v) is 5.03. The van der Waals surface area contributed by atoms with Crippen molar-refractivity contribution in [1.29, 1.82) is 0 Å². The molecular weight excluding hydrogens is 264 g/mol. The molecule has 0 aliphatic rings. The van der Waals surface area contributed by atoms with Crippen LogP contribution in [0.4, 0.5) is 17.3 Å². The minimum atomic E-state index is 0.179. The highest BCUT2D eigenvalue weighted by Gasteiger charge is 2.01. The van der Waals surface area contributed by atoms with Gasteiger partial charge < -0.3 is 15.4 Å². The van der Waals surface area contributed by atoms with Crippen LogP contribution in [0.25, 0.3) is 0 Å². The SMILES string of the molecule is CCCNc1cc(Nc2ccc(OC(C)C)cc2)ncn1. The number of nitrogens with one attached hydrogen (secondary N) is 2. The molecule has 21 heavy (non-hydrogen) atoms. The van der Waals surface area contributed by atoms with Crippen molar-refractivity contribution < 1.29 is 4.74 Å². The number of rotatable bonds is 7. The molecule has 0 fully saturated rings. The highest BCUT2D eigenvalue weighted by Crippen LogP contribution is 2.20. The molecule has 5 heteroatoms. The predicted octanol–water partition coefficient (Wildman–Crippen LogP) is 3.83. The number of hydrogen-bond donors (Lipinski definition) is 2. The molecule has 5 nitrogen and oxygen atoms in total. The van der Waals surface area contributed by atoms with Crippen LogP contribution in [0.3, 0.4) is 0 Å². The van der Waals surface area contributed by atoms with Gasteiger partial charge in [0.1, 0.15) is 23.7 Å². The molecule has 1 aromatic heterocycles. The van der Waals surface area contributed by atoms with Crippen LogP contribution in [0.2, 0.25) is 0 Å². The first-order valence-corrected chi connectivity index (χ1v) is 7.27. The second kappa shape index (κ2) is 7.47. The van der Waals surface area contributed by atoms with Crippen molar-refractivity contribution in [3.8, 4) is 5.75 Å². The summed E-state index contributed by atoms with van der Waals surface area (Å²) in [7, 11) is 0. The molecule has 0 saturated carbocycles. The van der Waals surface area contributed by atoms with E-state index in [1.54, 1.807) is 6.33 Å². The second-order valence-electron chi connectivity index (χ2n) is 5.03. The molecular formula is C16H22N4O. The van der Waals surface area contributed by atoms with Gasteiger partial charge in [0.05, 0.1) is 6.10 Å². The molecule has 2 N–H and O–H groups in total. The lowest BCUT2D eigenvalue weighted by Gasteiger charge is -2.11. The molecule has 2 aromatic rings. The van der Waals surface area contributed by atoms with Crippen LogP contribution in [-0.2, 0) is 0 Å². The van der Waals surface area contributed by atoms with E-state index in [2.05, 4.69) is 27.5 Å². The van der Waals surface area contributed by atoms with Gasteiger partial charge in [-0.2, -0.15) is 0 Å². The van der Waals surface area contributed by atoms with Crippen LogP contribution in [0.1, 0.15) is 27.2 Å². The van der Waals surface area contributed by atoms with Crippen molar-refractivity contribution in [3.63, 3.8) is 0 Å². The minimum Gasteiger partial charge on any atom is -0.491 e. The van der Waals surface area contributed by atoms with Gasteiger partial charge in [-0.25, -0.2) is 9.97 Å². The van der Waals surface area contributed by atoms with Crippen molar-refractivity contribution in [3.05, 3.63) is 36.7 Å². The largest absolute Gasteiger partial charge is 0.491 e. The number of hydrogen-bond acceptors (Lipinski definition) is 5. The lowest BCUT2D eigenvalue weighted by Crippen LogP contribution is -2.05. The highest BCUT2D eigenvalue weighted by molar-refractivity contribution is 5.59. The van der Waals surface area contributed by atoms with Gasteiger partial charge in [0.25, 0.3) is 0 Å². The normalized spacial score (nSPS) is 10.5. The molecule has 0 amide bonds. The Morgan fingerprint density at radius 2 is 1.81 bits per heavy atom. The number of nitrogens with zero attached hydrogens (tertiary/aromatic N) is 2. The molecule has 0 spiro atoms. The zero-order valence-electron chi connectivity index (χ0n) is 12.8. The molecule has 2 rings (SSSR count). The van der Waals surface area contributed by atoms with Crippen molar-refractivity contribution in [2.45, 2.75) is 33.3 Å². The van der Waals surface area contributed by atoms with Crippen LogP contribution in [0, 0.1) is 0 Å². The molecule has 1 aromatic carbocycles. The Morgan fingerprint density at radius 1 is 1.10 bits per heavy atom. The molecule has 0 radical (unpaired) electrons. The smallest absolute Gasteiger partial charge is 0.135 e. The standard InChI is InChI=1S/C16H22N4O/c1-4-9-17-15-10-16(19-11-18-15)20-13-5-7-14(8-6-13)21-12(2)3/h5-8,10-12H,4,9H2,1-3H3,(H2,17,18,19,20). The molecule has 0 unspecified atom stereocenters. The van der Waals surface area contributed by atoms with Gasteiger partial charge in [-0.05, 0) is 44.5 Å². The fraction of sp³-hybridized carbons (Fsp3) is 0.375. The Labute approximate surface area is 125 Å². The third-order valence-corrected chi connectivity index (χ3v) is 2.72. The van der Waals surface area contributed by atoms with Crippen LogP contribution >= 0.6 is 0 Å². The molecule has 0 aliphatic heterocycles. The maximum Gasteiger partial charge on any atom is 0.135 e. The minimum absolute atomic E-state index is 0.179. The van der Waals surface area contributed by atoms with E-state index in [1.807, 2.05) is 44.2 Å². The average Bonchev–Trinajstić information content (AvgIpc) is 2.47. The third-order valence-electron chi connectivity index (χ3n) is 2.72. The molecule has 0 atom stereocenters. The predicted molar refractivity (Wildman–Crippen MR) is 86.3 cm³/mol. The number of aromatic nitrogens is 2. The summed E-state index contributed by atoms with van der Waals surface area (Å²) >= 11 is 0. The summed E-state index contributed by atoms with van der Waals surface area (Å²) in [6.07, 6.45) is 2.79. The summed E-state index contributed by atoms with van der Waals surface area (Å²) in [6, 6.07) is 9.73. The molecule has 0 saturated heterocycles. The van der Waals surface area contributed by atoms with Gasteiger partial charge in [-0.15, -0.1) is 0 Å². The first-order chi connectivity index (χ1) is 10.2. The van der Waals surface area contributed by atoms with Crippen molar-refractivity contribution >= 4 is 17.3 Å². The monoisotopic (exact) mass is 286 g/mol. The summed E-state index contributed by atoms with van der Waals surface area (Å²) in [6.45, 7) is 7.04. The zero-order valence-corrected chi connectivity index (χ0v) is 12.8. The zero-order chi connectivity index (χ0) is 15.1. The van der Waals surface area contributed by atoms with Gasteiger partial charge >= 0.3 is 0 Å². The third kappa shape index (κ3) is 4.95. The Morgan fingerprint density at radius 3 is 2.48 bits per heavy atom. The fourth-order valence-electron chi connectivity index (χ4n) is 1.81. The molecule has 0 aliphatic carbocycles. The molecule has 112 valence electrons. The summed E-state index contributed by atoms with van der Waals surface area (Å²) in [5.74, 6) is 2.46. The van der Waals surface area contributed by atoms with E-state index in [0.717, 1.165) is 36.0 Å². The van der Waals surface area contributed by atoms with E-state index in [9.17, 15) is 0 Å². The average molecular weight is 286 g/mol. The first kappa shape index (κ1) is 15.1. The summed E-state index contributed by atoms with van der Waals surface area (Å²) < 4.78 is 5.62. The lowest BCUT2D eigenvalue weighted by molar-refractivity contribution is 0.242. The van der Waals surface area contributed by atoms with Gasteiger partial charge in [0.2, 0.25) is 0 Å². The van der Waals surface area contributed by atoms with Crippen LogP contribution < -0.4 is 15.4 Å². The topological polar surface area (TPSA) is 59.1 Å². The van der Waals surface area contributed by atoms with E-state index < -0.39 is 0 Å². The number of anilines is 3. The highest BCUT2D eigenvalue weighted by atomic mass is 16.5. The van der Waals surface area contributed by atoms with Crippen LogP contribution in [0.15, 0.2) is 36.7 Å².